The average molecular weight is 281 g/mol. The van der Waals surface area contributed by atoms with Crippen LogP contribution in [0.25, 0.3) is 0 Å². The number of carbonyl (C=O) groups excluding carboxylic acids is 2. The van der Waals surface area contributed by atoms with Gasteiger partial charge in [0.15, 0.2) is 6.04 Å². The molecule has 1 atom stereocenters. The van der Waals surface area contributed by atoms with Gasteiger partial charge in [-0.2, -0.15) is 0 Å². The maximum atomic E-state index is 11.8. The number of hydrogen-bond acceptors (Lipinski definition) is 5. The maximum absolute atomic E-state index is 11.8. The number of ether oxygens (including phenoxy) is 2. The number of aryl methyl sites for hydroxylation is 1. The minimum absolute atomic E-state index is 0.0874. The monoisotopic (exact) mass is 281 g/mol. The van der Waals surface area contributed by atoms with E-state index in [1.54, 1.807) is 13.2 Å². The molecular weight excluding hydrogens is 262 g/mol. The Bertz CT molecular complexity index is 486. The van der Waals surface area contributed by atoms with Gasteiger partial charge in [-0.05, 0) is 24.1 Å². The zero-order chi connectivity index (χ0) is 15.1. The minimum atomic E-state index is -1.04. The summed E-state index contributed by atoms with van der Waals surface area (Å²) in [4.78, 5) is 23.1. The van der Waals surface area contributed by atoms with Gasteiger partial charge in [-0.3, -0.25) is 4.79 Å². The molecule has 0 fully saturated rings. The largest absolute Gasteiger partial charge is 0.496 e. The number of esters is 1. The number of nitrogens with one attached hydrogen (secondary N) is 1. The van der Waals surface area contributed by atoms with Gasteiger partial charge in [-0.1, -0.05) is 12.1 Å². The molecule has 0 saturated heterocycles. The summed E-state index contributed by atoms with van der Waals surface area (Å²) in [5.41, 5.74) is 1.73. The van der Waals surface area contributed by atoms with Crippen LogP contribution in [0.4, 0.5) is 0 Å². The fraction of sp³-hybridized carbons (Fsp3) is 0.429. The smallest absolute Gasteiger partial charge is 0.330 e. The Morgan fingerprint density at radius 2 is 2.05 bits per heavy atom. The number of benzene rings is 1. The number of methoxy groups -OCH3 is 2. The van der Waals surface area contributed by atoms with Crippen molar-refractivity contribution in [1.82, 2.24) is 5.32 Å². The third kappa shape index (κ3) is 4.24. The summed E-state index contributed by atoms with van der Waals surface area (Å²) in [7, 11) is 2.76. The van der Waals surface area contributed by atoms with Crippen LogP contribution < -0.4 is 10.1 Å². The molecule has 0 bridgehead atoms. The SMILES string of the molecule is COC(=O)C(CO)NC(=O)Cc1ccc(C)c(OC)c1. The summed E-state index contributed by atoms with van der Waals surface area (Å²) in [6.45, 7) is 1.40. The second-order valence-electron chi connectivity index (χ2n) is 4.31. The van der Waals surface area contributed by atoms with Gasteiger partial charge in [0.1, 0.15) is 5.75 Å². The highest BCUT2D eigenvalue weighted by Crippen LogP contribution is 2.19. The Kier molecular flexibility index (Phi) is 5.99. The lowest BCUT2D eigenvalue weighted by molar-refractivity contribution is -0.146. The molecule has 0 aliphatic heterocycles. The van der Waals surface area contributed by atoms with Crippen LogP contribution in [-0.2, 0) is 20.7 Å². The zero-order valence-electron chi connectivity index (χ0n) is 11.8. The van der Waals surface area contributed by atoms with E-state index in [1.165, 1.54) is 7.11 Å². The minimum Gasteiger partial charge on any atom is -0.496 e. The third-order valence-corrected chi connectivity index (χ3v) is 2.84. The van der Waals surface area contributed by atoms with Gasteiger partial charge in [0.25, 0.3) is 0 Å². The summed E-state index contributed by atoms with van der Waals surface area (Å²) in [6, 6.07) is 4.38. The number of amides is 1. The molecular formula is C14H19NO5. The summed E-state index contributed by atoms with van der Waals surface area (Å²) >= 11 is 0. The van der Waals surface area contributed by atoms with Crippen LogP contribution >= 0.6 is 0 Å². The van der Waals surface area contributed by atoms with E-state index in [9.17, 15) is 9.59 Å². The fourth-order valence-electron chi connectivity index (χ4n) is 1.73. The Labute approximate surface area is 117 Å². The summed E-state index contributed by atoms with van der Waals surface area (Å²) in [5.74, 6) is -0.357. The van der Waals surface area contributed by atoms with Crippen LogP contribution in [0.1, 0.15) is 11.1 Å². The highest BCUT2D eigenvalue weighted by molar-refractivity contribution is 5.85. The van der Waals surface area contributed by atoms with E-state index < -0.39 is 18.6 Å². The average Bonchev–Trinajstić information content (AvgIpc) is 2.45. The first kappa shape index (κ1) is 16.0. The van der Waals surface area contributed by atoms with Gasteiger partial charge in [0.05, 0.1) is 27.2 Å². The second-order valence-corrected chi connectivity index (χ2v) is 4.31. The van der Waals surface area contributed by atoms with Gasteiger partial charge in [-0.25, -0.2) is 4.79 Å². The lowest BCUT2D eigenvalue weighted by Crippen LogP contribution is -2.44. The van der Waals surface area contributed by atoms with Crippen LogP contribution in [-0.4, -0.2) is 43.9 Å². The summed E-state index contributed by atoms with van der Waals surface area (Å²) in [6.07, 6.45) is 0.0874. The molecule has 110 valence electrons. The molecule has 1 rings (SSSR count). The van der Waals surface area contributed by atoms with Crippen molar-refractivity contribution in [3.63, 3.8) is 0 Å². The summed E-state index contributed by atoms with van der Waals surface area (Å²) in [5, 5.41) is 11.4. The van der Waals surface area contributed by atoms with E-state index in [0.717, 1.165) is 11.1 Å². The molecule has 20 heavy (non-hydrogen) atoms. The molecule has 0 heterocycles. The van der Waals surface area contributed by atoms with E-state index in [2.05, 4.69) is 10.1 Å². The van der Waals surface area contributed by atoms with Gasteiger partial charge in [0, 0.05) is 0 Å². The Hall–Kier alpha value is -2.08. The molecule has 6 heteroatoms. The Morgan fingerprint density at radius 3 is 2.60 bits per heavy atom. The van der Waals surface area contributed by atoms with Crippen molar-refractivity contribution in [2.75, 3.05) is 20.8 Å². The molecule has 0 aliphatic rings. The molecule has 1 aromatic rings. The van der Waals surface area contributed by atoms with Crippen LogP contribution in [0.2, 0.25) is 0 Å². The van der Waals surface area contributed by atoms with E-state index in [0.29, 0.717) is 5.75 Å². The molecule has 2 N–H and O–H groups in total. The maximum Gasteiger partial charge on any atom is 0.330 e. The number of aliphatic hydroxyl groups is 1. The van der Waals surface area contributed by atoms with E-state index in [1.807, 2.05) is 19.1 Å². The first-order valence-electron chi connectivity index (χ1n) is 6.13. The van der Waals surface area contributed by atoms with Gasteiger partial charge >= 0.3 is 5.97 Å². The lowest BCUT2D eigenvalue weighted by Gasteiger charge is -2.14. The normalized spacial score (nSPS) is 11.6. The first-order valence-corrected chi connectivity index (χ1v) is 6.13. The van der Waals surface area contributed by atoms with Crippen LogP contribution in [0.15, 0.2) is 18.2 Å². The van der Waals surface area contributed by atoms with E-state index in [4.69, 9.17) is 9.84 Å². The van der Waals surface area contributed by atoms with Crippen molar-refractivity contribution in [3.8, 4) is 5.75 Å². The fourth-order valence-corrected chi connectivity index (χ4v) is 1.73. The van der Waals surface area contributed by atoms with Crippen LogP contribution in [0, 0.1) is 6.92 Å². The topological polar surface area (TPSA) is 84.9 Å². The number of hydrogen-bond donors (Lipinski definition) is 2. The molecule has 0 aliphatic carbocycles. The highest BCUT2D eigenvalue weighted by Gasteiger charge is 2.20. The quantitative estimate of drug-likeness (QED) is 0.727. The van der Waals surface area contributed by atoms with Crippen molar-refractivity contribution >= 4 is 11.9 Å². The van der Waals surface area contributed by atoms with Crippen molar-refractivity contribution < 1.29 is 24.2 Å². The Balaban J connectivity index is 2.68. The van der Waals surface area contributed by atoms with Crippen LogP contribution in [0.5, 0.6) is 5.75 Å². The van der Waals surface area contributed by atoms with Crippen LogP contribution in [0.3, 0.4) is 0 Å². The van der Waals surface area contributed by atoms with Crippen molar-refractivity contribution in [2.24, 2.45) is 0 Å². The molecule has 6 nitrogen and oxygen atoms in total. The summed E-state index contributed by atoms with van der Waals surface area (Å²) < 4.78 is 9.65. The number of aliphatic hydroxyl groups excluding tert-OH is 1. The molecule has 0 saturated carbocycles. The second kappa shape index (κ2) is 7.49. The van der Waals surface area contributed by atoms with Gasteiger partial charge in [0.2, 0.25) is 5.91 Å². The van der Waals surface area contributed by atoms with Gasteiger partial charge < -0.3 is 19.9 Å². The third-order valence-electron chi connectivity index (χ3n) is 2.84. The van der Waals surface area contributed by atoms with E-state index >= 15 is 0 Å². The lowest BCUT2D eigenvalue weighted by atomic mass is 10.1. The van der Waals surface area contributed by atoms with Crippen molar-refractivity contribution in [2.45, 2.75) is 19.4 Å². The predicted octanol–water partition coefficient (Wildman–Crippen LogP) is 0.196. The van der Waals surface area contributed by atoms with Crippen molar-refractivity contribution in [3.05, 3.63) is 29.3 Å². The van der Waals surface area contributed by atoms with Gasteiger partial charge in [-0.15, -0.1) is 0 Å². The molecule has 1 aromatic carbocycles. The highest BCUT2D eigenvalue weighted by atomic mass is 16.5. The standard InChI is InChI=1S/C14H19NO5/c1-9-4-5-10(6-12(9)19-2)7-13(17)15-11(8-16)14(18)20-3/h4-6,11,16H,7-8H2,1-3H3,(H,15,17). The number of rotatable bonds is 6. The molecule has 0 radical (unpaired) electrons. The first-order chi connectivity index (χ1) is 9.51. The number of carbonyl (C=O) groups is 2. The zero-order valence-corrected chi connectivity index (χ0v) is 11.8. The Morgan fingerprint density at radius 1 is 1.35 bits per heavy atom. The molecule has 1 amide bonds. The van der Waals surface area contributed by atoms with Crippen molar-refractivity contribution in [1.29, 1.82) is 0 Å². The molecule has 1 unspecified atom stereocenters. The molecule has 0 spiro atoms. The predicted molar refractivity (Wildman–Crippen MR) is 72.5 cm³/mol. The molecule has 0 aromatic heterocycles. The van der Waals surface area contributed by atoms with E-state index in [-0.39, 0.29) is 12.3 Å².